The van der Waals surface area contributed by atoms with Gasteiger partial charge in [0.2, 0.25) is 0 Å². The number of rotatable bonds is 20. The largest absolute Gasteiger partial charge is 0.493 e. The fraction of sp³-hybridized carbons (Fsp3) is 0.471. The summed E-state index contributed by atoms with van der Waals surface area (Å²) >= 11 is 0. The second kappa shape index (κ2) is 19.9. The van der Waals surface area contributed by atoms with E-state index in [0.29, 0.717) is 41.9 Å². The highest BCUT2D eigenvalue weighted by atomic mass is 16.9. The summed E-state index contributed by atoms with van der Waals surface area (Å²) < 4.78 is 22.8. The molecule has 0 bridgehead atoms. The SMILES string of the molecule is C=C(CCN1CCNCC1)OC(CCCC)c1ccccc1C(=O)Oc1ccc(/C=C/C(=O)OCCCCO[N+](=O)[O-])cc1OC. The number of piperazine rings is 1. The van der Waals surface area contributed by atoms with Gasteiger partial charge in [-0.2, -0.15) is 0 Å². The van der Waals surface area contributed by atoms with Crippen molar-refractivity contribution in [2.24, 2.45) is 0 Å². The number of methoxy groups -OCH3 is 1. The zero-order valence-electron chi connectivity index (χ0n) is 26.7. The van der Waals surface area contributed by atoms with Gasteiger partial charge in [-0.15, -0.1) is 10.1 Å². The fourth-order valence-corrected chi connectivity index (χ4v) is 4.86. The quantitative estimate of drug-likeness (QED) is 0.0373. The van der Waals surface area contributed by atoms with E-state index in [1.165, 1.54) is 13.2 Å². The molecule has 1 saturated heterocycles. The van der Waals surface area contributed by atoms with Crippen molar-refractivity contribution in [1.82, 2.24) is 10.2 Å². The zero-order valence-corrected chi connectivity index (χ0v) is 26.7. The minimum Gasteiger partial charge on any atom is -0.493 e. The first-order chi connectivity index (χ1) is 22.3. The number of hydrogen-bond acceptors (Lipinski definition) is 11. The van der Waals surface area contributed by atoms with E-state index in [-0.39, 0.29) is 25.1 Å². The molecule has 0 saturated carbocycles. The van der Waals surface area contributed by atoms with Gasteiger partial charge in [0, 0.05) is 50.8 Å². The Morgan fingerprint density at radius 1 is 1.09 bits per heavy atom. The summed E-state index contributed by atoms with van der Waals surface area (Å²) in [4.78, 5) is 42.3. The Balaban J connectivity index is 1.63. The minimum absolute atomic E-state index is 0.0526. The lowest BCUT2D eigenvalue weighted by atomic mass is 9.98. The molecule has 0 amide bonds. The van der Waals surface area contributed by atoms with Gasteiger partial charge in [-0.1, -0.05) is 44.2 Å². The lowest BCUT2D eigenvalue weighted by molar-refractivity contribution is -0.757. The summed E-state index contributed by atoms with van der Waals surface area (Å²) in [6, 6.07) is 12.2. The van der Waals surface area contributed by atoms with Crippen molar-refractivity contribution in [3.05, 3.63) is 87.7 Å². The van der Waals surface area contributed by atoms with Crippen molar-refractivity contribution in [2.45, 2.75) is 51.6 Å². The molecule has 0 aliphatic carbocycles. The van der Waals surface area contributed by atoms with Crippen LogP contribution in [0.4, 0.5) is 0 Å². The van der Waals surface area contributed by atoms with E-state index in [4.69, 9.17) is 18.9 Å². The van der Waals surface area contributed by atoms with Gasteiger partial charge >= 0.3 is 11.9 Å². The molecule has 0 aromatic heterocycles. The van der Waals surface area contributed by atoms with Crippen LogP contribution in [0.3, 0.4) is 0 Å². The Labute approximate surface area is 270 Å². The molecule has 3 rings (SSSR count). The van der Waals surface area contributed by atoms with Gasteiger partial charge in [-0.3, -0.25) is 0 Å². The smallest absolute Gasteiger partial charge is 0.344 e. The molecule has 1 aliphatic heterocycles. The van der Waals surface area contributed by atoms with Crippen molar-refractivity contribution in [3.63, 3.8) is 0 Å². The molecule has 250 valence electrons. The Morgan fingerprint density at radius 2 is 1.85 bits per heavy atom. The normalized spacial score (nSPS) is 14.0. The van der Waals surface area contributed by atoms with E-state index in [9.17, 15) is 19.7 Å². The Bertz CT molecular complexity index is 1320. The van der Waals surface area contributed by atoms with Crippen LogP contribution in [0, 0.1) is 10.1 Å². The molecule has 1 aliphatic rings. The van der Waals surface area contributed by atoms with Gasteiger partial charge in [-0.05, 0) is 55.5 Å². The maximum Gasteiger partial charge on any atom is 0.344 e. The Kier molecular flexibility index (Phi) is 15.6. The summed E-state index contributed by atoms with van der Waals surface area (Å²) in [6.07, 6.45) is 6.64. The van der Waals surface area contributed by atoms with Crippen LogP contribution in [-0.4, -0.2) is 75.0 Å². The number of nitrogens with zero attached hydrogens (tertiary/aromatic N) is 2. The average molecular weight is 640 g/mol. The lowest BCUT2D eigenvalue weighted by Gasteiger charge is -2.28. The number of unbranched alkanes of at least 4 members (excludes halogenated alkanes) is 2. The second-order valence-electron chi connectivity index (χ2n) is 10.8. The van der Waals surface area contributed by atoms with E-state index in [1.54, 1.807) is 36.4 Å². The van der Waals surface area contributed by atoms with Crippen molar-refractivity contribution < 1.29 is 38.5 Å². The van der Waals surface area contributed by atoms with Gasteiger partial charge in [0.05, 0.1) is 31.6 Å². The monoisotopic (exact) mass is 639 g/mol. The molecule has 2 aromatic carbocycles. The fourth-order valence-electron chi connectivity index (χ4n) is 4.86. The maximum absolute atomic E-state index is 13.5. The first-order valence-electron chi connectivity index (χ1n) is 15.7. The molecule has 0 spiro atoms. The highest BCUT2D eigenvalue weighted by Crippen LogP contribution is 2.33. The van der Waals surface area contributed by atoms with E-state index in [1.807, 2.05) is 12.1 Å². The van der Waals surface area contributed by atoms with Crippen molar-refractivity contribution in [3.8, 4) is 11.5 Å². The number of benzene rings is 2. The molecule has 2 aromatic rings. The predicted octanol–water partition coefficient (Wildman–Crippen LogP) is 5.52. The number of esters is 2. The van der Waals surface area contributed by atoms with Crippen LogP contribution in [-0.2, 0) is 19.1 Å². The van der Waals surface area contributed by atoms with Crippen LogP contribution in [0.1, 0.15) is 73.0 Å². The Morgan fingerprint density at radius 3 is 2.59 bits per heavy atom. The van der Waals surface area contributed by atoms with Crippen molar-refractivity contribution >= 4 is 18.0 Å². The molecule has 12 nitrogen and oxygen atoms in total. The van der Waals surface area contributed by atoms with Crippen LogP contribution in [0.2, 0.25) is 0 Å². The van der Waals surface area contributed by atoms with Crippen LogP contribution >= 0.6 is 0 Å². The summed E-state index contributed by atoms with van der Waals surface area (Å²) in [5.41, 5.74) is 1.77. The number of carbonyl (C=O) groups is 2. The highest BCUT2D eigenvalue weighted by Gasteiger charge is 2.23. The topological polar surface area (TPSA) is 139 Å². The third kappa shape index (κ3) is 12.5. The van der Waals surface area contributed by atoms with Crippen LogP contribution in [0.25, 0.3) is 6.08 Å². The number of hydrogen-bond donors (Lipinski definition) is 1. The molecular weight excluding hydrogens is 594 g/mol. The zero-order chi connectivity index (χ0) is 33.1. The van der Waals surface area contributed by atoms with E-state index >= 15 is 0 Å². The molecule has 1 fully saturated rings. The number of ether oxygens (including phenoxy) is 4. The highest BCUT2D eigenvalue weighted by molar-refractivity contribution is 5.93. The summed E-state index contributed by atoms with van der Waals surface area (Å²) in [7, 11) is 1.46. The van der Waals surface area contributed by atoms with Crippen molar-refractivity contribution in [2.75, 3.05) is 53.0 Å². The number of nitrogens with one attached hydrogen (secondary N) is 1. The van der Waals surface area contributed by atoms with Gasteiger partial charge < -0.3 is 34.0 Å². The molecular formula is C34H45N3O9. The lowest BCUT2D eigenvalue weighted by Crippen LogP contribution is -2.43. The predicted molar refractivity (Wildman–Crippen MR) is 173 cm³/mol. The third-order valence-corrected chi connectivity index (χ3v) is 7.35. The van der Waals surface area contributed by atoms with Crippen LogP contribution in [0.15, 0.2) is 60.9 Å². The standard InChI is InChI=1S/C34H45N3O9/c1-4-5-12-30(45-26(2)17-20-36-21-18-35-19-22-36)28-10-6-7-11-29(28)34(39)46-31-15-13-27(25-32(31)42-3)14-16-33(38)43-23-8-9-24-44-37(40)41/h6-7,10-11,13-16,25,30,35H,2,4-5,8-9,12,17-24H2,1,3H3/b16-14+. The first kappa shape index (κ1) is 36.1. The van der Waals surface area contributed by atoms with Gasteiger partial charge in [0.25, 0.3) is 5.09 Å². The van der Waals surface area contributed by atoms with Crippen LogP contribution in [0.5, 0.6) is 11.5 Å². The molecule has 1 atom stereocenters. The molecule has 46 heavy (non-hydrogen) atoms. The second-order valence-corrected chi connectivity index (χ2v) is 10.8. The molecule has 1 heterocycles. The van der Waals surface area contributed by atoms with E-state index < -0.39 is 17.0 Å². The average Bonchev–Trinajstić information content (AvgIpc) is 3.07. The molecule has 1 N–H and O–H groups in total. The van der Waals surface area contributed by atoms with Crippen LogP contribution < -0.4 is 14.8 Å². The van der Waals surface area contributed by atoms with Crippen molar-refractivity contribution in [1.29, 1.82) is 0 Å². The first-order valence-corrected chi connectivity index (χ1v) is 15.7. The summed E-state index contributed by atoms with van der Waals surface area (Å²) in [5.74, 6) is 0.130. The molecule has 1 unspecified atom stereocenters. The van der Waals surface area contributed by atoms with Gasteiger partial charge in [0.1, 0.15) is 6.10 Å². The maximum atomic E-state index is 13.5. The molecule has 0 radical (unpaired) electrons. The summed E-state index contributed by atoms with van der Waals surface area (Å²) in [6.45, 7) is 11.2. The number of carbonyl (C=O) groups excluding carboxylic acids is 2. The molecule has 12 heteroatoms. The van der Waals surface area contributed by atoms with E-state index in [2.05, 4.69) is 28.6 Å². The van der Waals surface area contributed by atoms with Gasteiger partial charge in [-0.25, -0.2) is 9.59 Å². The Hall–Kier alpha value is -4.42. The van der Waals surface area contributed by atoms with Gasteiger partial charge in [0.15, 0.2) is 11.5 Å². The summed E-state index contributed by atoms with van der Waals surface area (Å²) in [5, 5.41) is 12.7. The minimum atomic E-state index is -0.859. The van der Waals surface area contributed by atoms with E-state index in [0.717, 1.165) is 57.5 Å². The third-order valence-electron chi connectivity index (χ3n) is 7.35.